The van der Waals surface area contributed by atoms with Crippen LogP contribution in [0.2, 0.25) is 0 Å². The van der Waals surface area contributed by atoms with Crippen LogP contribution >= 0.6 is 0 Å². The Morgan fingerprint density at radius 1 is 1.23 bits per heavy atom. The Kier molecular flexibility index (Phi) is 3.96. The van der Waals surface area contributed by atoms with Gasteiger partial charge in [0.15, 0.2) is 11.5 Å². The third kappa shape index (κ3) is 3.03. The molecule has 22 heavy (non-hydrogen) atoms. The molecule has 114 valence electrons. The average Bonchev–Trinajstić information content (AvgIpc) is 2.97. The average molecular weight is 301 g/mol. The van der Waals surface area contributed by atoms with Crippen molar-refractivity contribution in [1.82, 2.24) is 5.32 Å². The van der Waals surface area contributed by atoms with E-state index in [-0.39, 0.29) is 31.0 Å². The molecule has 0 aromatic heterocycles. The van der Waals surface area contributed by atoms with Gasteiger partial charge in [0.1, 0.15) is 5.82 Å². The summed E-state index contributed by atoms with van der Waals surface area (Å²) in [6, 6.07) is 11.6. The van der Waals surface area contributed by atoms with Crippen LogP contribution in [0.1, 0.15) is 24.1 Å². The first-order chi connectivity index (χ1) is 10.6. The van der Waals surface area contributed by atoms with Crippen LogP contribution in [0.5, 0.6) is 11.5 Å². The van der Waals surface area contributed by atoms with Gasteiger partial charge in [0.2, 0.25) is 12.7 Å². The van der Waals surface area contributed by atoms with Crippen LogP contribution < -0.4 is 14.8 Å². The van der Waals surface area contributed by atoms with Crippen LogP contribution in [0, 0.1) is 5.82 Å². The van der Waals surface area contributed by atoms with E-state index in [1.165, 1.54) is 6.07 Å². The third-order valence-electron chi connectivity index (χ3n) is 3.58. The van der Waals surface area contributed by atoms with Crippen LogP contribution in [-0.2, 0) is 11.2 Å². The number of halogens is 1. The molecule has 0 bridgehead atoms. The summed E-state index contributed by atoms with van der Waals surface area (Å²) in [4.78, 5) is 12.0. The lowest BCUT2D eigenvalue weighted by Crippen LogP contribution is -2.28. The van der Waals surface area contributed by atoms with Crippen molar-refractivity contribution in [3.63, 3.8) is 0 Å². The summed E-state index contributed by atoms with van der Waals surface area (Å²) >= 11 is 0. The largest absolute Gasteiger partial charge is 0.454 e. The zero-order chi connectivity index (χ0) is 15.5. The van der Waals surface area contributed by atoms with E-state index in [0.29, 0.717) is 17.1 Å². The van der Waals surface area contributed by atoms with Crippen LogP contribution in [0.25, 0.3) is 0 Å². The van der Waals surface area contributed by atoms with Gasteiger partial charge in [0, 0.05) is 0 Å². The standard InChI is InChI=1S/C17H16FNO3/c1-11(12-6-7-15-16(8-12)22-10-21-15)19-17(20)9-13-4-2-3-5-14(13)18/h2-8,11H,9-10H2,1H3,(H,19,20). The molecular formula is C17H16FNO3. The van der Waals surface area contributed by atoms with Gasteiger partial charge in [0.25, 0.3) is 0 Å². The molecule has 3 rings (SSSR count). The number of hydrogen-bond donors (Lipinski definition) is 1. The Balaban J connectivity index is 1.65. The quantitative estimate of drug-likeness (QED) is 0.944. The molecule has 2 aromatic rings. The molecule has 0 radical (unpaired) electrons. The van der Waals surface area contributed by atoms with Gasteiger partial charge >= 0.3 is 0 Å². The Bertz CT molecular complexity index is 702. The lowest BCUT2D eigenvalue weighted by atomic mass is 10.1. The lowest BCUT2D eigenvalue weighted by molar-refractivity contribution is -0.121. The van der Waals surface area contributed by atoms with Gasteiger partial charge < -0.3 is 14.8 Å². The molecule has 1 heterocycles. The van der Waals surface area contributed by atoms with E-state index < -0.39 is 0 Å². The Labute approximate surface area is 127 Å². The first-order valence-electron chi connectivity index (χ1n) is 7.06. The molecule has 1 amide bonds. The molecule has 0 spiro atoms. The van der Waals surface area contributed by atoms with Crippen LogP contribution in [0.15, 0.2) is 42.5 Å². The fourth-order valence-electron chi connectivity index (χ4n) is 2.37. The van der Waals surface area contributed by atoms with Crippen molar-refractivity contribution in [2.24, 2.45) is 0 Å². The SMILES string of the molecule is CC(NC(=O)Cc1ccccc1F)c1ccc2c(c1)OCO2. The fourth-order valence-corrected chi connectivity index (χ4v) is 2.37. The van der Waals surface area contributed by atoms with E-state index in [2.05, 4.69) is 5.32 Å². The number of amides is 1. The smallest absolute Gasteiger partial charge is 0.231 e. The van der Waals surface area contributed by atoms with Crippen molar-refractivity contribution >= 4 is 5.91 Å². The highest BCUT2D eigenvalue weighted by Crippen LogP contribution is 2.34. The highest BCUT2D eigenvalue weighted by Gasteiger charge is 2.17. The zero-order valence-corrected chi connectivity index (χ0v) is 12.1. The Morgan fingerprint density at radius 3 is 2.82 bits per heavy atom. The molecule has 4 nitrogen and oxygen atoms in total. The van der Waals surface area contributed by atoms with E-state index in [0.717, 1.165) is 5.56 Å². The first kappa shape index (κ1) is 14.4. The molecule has 1 atom stereocenters. The number of benzene rings is 2. The topological polar surface area (TPSA) is 47.6 Å². The van der Waals surface area contributed by atoms with E-state index in [1.54, 1.807) is 18.2 Å². The third-order valence-corrected chi connectivity index (χ3v) is 3.58. The van der Waals surface area contributed by atoms with Crippen LogP contribution in [0.4, 0.5) is 4.39 Å². The molecule has 0 aliphatic carbocycles. The second kappa shape index (κ2) is 6.05. The molecule has 0 fully saturated rings. The molecule has 1 unspecified atom stereocenters. The molecule has 2 aromatic carbocycles. The van der Waals surface area contributed by atoms with Crippen molar-refractivity contribution in [1.29, 1.82) is 0 Å². The number of nitrogens with one attached hydrogen (secondary N) is 1. The molecule has 1 aliphatic rings. The number of carbonyl (C=O) groups is 1. The maximum absolute atomic E-state index is 13.6. The summed E-state index contributed by atoms with van der Waals surface area (Å²) in [5, 5.41) is 2.86. The van der Waals surface area contributed by atoms with Gasteiger partial charge in [-0.3, -0.25) is 4.79 Å². The van der Waals surface area contributed by atoms with E-state index >= 15 is 0 Å². The van der Waals surface area contributed by atoms with Gasteiger partial charge in [-0.2, -0.15) is 0 Å². The minimum absolute atomic E-state index is 0.0154. The number of ether oxygens (including phenoxy) is 2. The van der Waals surface area contributed by atoms with E-state index in [4.69, 9.17) is 9.47 Å². The van der Waals surface area contributed by atoms with Crippen LogP contribution in [-0.4, -0.2) is 12.7 Å². The minimum Gasteiger partial charge on any atom is -0.454 e. The predicted molar refractivity (Wildman–Crippen MR) is 79.2 cm³/mol. The van der Waals surface area contributed by atoms with Crippen molar-refractivity contribution in [2.45, 2.75) is 19.4 Å². The summed E-state index contributed by atoms with van der Waals surface area (Å²) in [7, 11) is 0. The van der Waals surface area contributed by atoms with Gasteiger partial charge in [-0.25, -0.2) is 4.39 Å². The number of carbonyl (C=O) groups excluding carboxylic acids is 1. The second-order valence-corrected chi connectivity index (χ2v) is 5.17. The van der Waals surface area contributed by atoms with Gasteiger partial charge in [-0.15, -0.1) is 0 Å². The second-order valence-electron chi connectivity index (χ2n) is 5.17. The van der Waals surface area contributed by atoms with Gasteiger partial charge in [-0.05, 0) is 36.2 Å². The zero-order valence-electron chi connectivity index (χ0n) is 12.1. The monoisotopic (exact) mass is 301 g/mol. The van der Waals surface area contributed by atoms with E-state index in [9.17, 15) is 9.18 Å². The van der Waals surface area contributed by atoms with E-state index in [1.807, 2.05) is 25.1 Å². The molecular weight excluding hydrogens is 285 g/mol. The summed E-state index contributed by atoms with van der Waals surface area (Å²) < 4.78 is 24.1. The molecule has 0 saturated carbocycles. The lowest BCUT2D eigenvalue weighted by Gasteiger charge is -2.15. The summed E-state index contributed by atoms with van der Waals surface area (Å²) in [6.07, 6.45) is 0.0154. The summed E-state index contributed by atoms with van der Waals surface area (Å²) in [5.74, 6) is 0.782. The maximum atomic E-state index is 13.6. The Morgan fingerprint density at radius 2 is 2.00 bits per heavy atom. The van der Waals surface area contributed by atoms with Gasteiger partial charge in [0.05, 0.1) is 12.5 Å². The molecule has 0 saturated heterocycles. The molecule has 5 heteroatoms. The maximum Gasteiger partial charge on any atom is 0.231 e. The van der Waals surface area contributed by atoms with Gasteiger partial charge in [-0.1, -0.05) is 24.3 Å². The van der Waals surface area contributed by atoms with Crippen molar-refractivity contribution in [3.05, 3.63) is 59.4 Å². The highest BCUT2D eigenvalue weighted by molar-refractivity contribution is 5.79. The first-order valence-corrected chi connectivity index (χ1v) is 7.06. The highest BCUT2D eigenvalue weighted by atomic mass is 19.1. The number of rotatable bonds is 4. The summed E-state index contributed by atoms with van der Waals surface area (Å²) in [6.45, 7) is 2.09. The fraction of sp³-hybridized carbons (Fsp3) is 0.235. The number of fused-ring (bicyclic) bond motifs is 1. The van der Waals surface area contributed by atoms with Crippen molar-refractivity contribution in [3.8, 4) is 11.5 Å². The normalized spacial score (nSPS) is 13.7. The molecule has 1 aliphatic heterocycles. The Hall–Kier alpha value is -2.56. The summed E-state index contributed by atoms with van der Waals surface area (Å²) in [5.41, 5.74) is 1.30. The van der Waals surface area contributed by atoms with Crippen LogP contribution in [0.3, 0.4) is 0 Å². The van der Waals surface area contributed by atoms with Crippen molar-refractivity contribution in [2.75, 3.05) is 6.79 Å². The van der Waals surface area contributed by atoms with Crippen molar-refractivity contribution < 1.29 is 18.7 Å². The predicted octanol–water partition coefficient (Wildman–Crippen LogP) is 2.97. The molecule has 1 N–H and O–H groups in total. The minimum atomic E-state index is -0.367. The number of hydrogen-bond acceptors (Lipinski definition) is 3.